The molecule has 0 saturated carbocycles. The number of nitrogens with one attached hydrogen (secondary N) is 1. The summed E-state index contributed by atoms with van der Waals surface area (Å²) in [5.74, 6) is -1.10. The molecule has 1 aromatic heterocycles. The third-order valence-electron chi connectivity index (χ3n) is 8.10. The molecule has 3 N–H and O–H groups in total. The maximum atomic E-state index is 13.3. The third kappa shape index (κ3) is 5.71. The molecule has 1 heterocycles. The zero-order chi connectivity index (χ0) is 30.2. The third-order valence-corrected chi connectivity index (χ3v) is 8.10. The minimum absolute atomic E-state index is 0.153. The Hall–Kier alpha value is -4.68. The summed E-state index contributed by atoms with van der Waals surface area (Å²) in [5.41, 5.74) is 7.59. The fourth-order valence-corrected chi connectivity index (χ4v) is 5.44. The fourth-order valence-electron chi connectivity index (χ4n) is 5.44. The Morgan fingerprint density at radius 1 is 0.905 bits per heavy atom. The van der Waals surface area contributed by atoms with E-state index in [1.807, 2.05) is 85.8 Å². The van der Waals surface area contributed by atoms with Gasteiger partial charge in [0.05, 0.1) is 17.2 Å². The molecule has 0 radical (unpaired) electrons. The smallest absolute Gasteiger partial charge is 0.336 e. The van der Waals surface area contributed by atoms with Crippen LogP contribution in [-0.4, -0.2) is 26.7 Å². The number of hydrogen-bond acceptors (Lipinski definition) is 3. The molecule has 5 rings (SSSR count). The molecular formula is C36H36N2O4. The molecule has 0 fully saturated rings. The summed E-state index contributed by atoms with van der Waals surface area (Å²) in [5, 5.41) is 24.1. The molecule has 0 bridgehead atoms. The maximum Gasteiger partial charge on any atom is 0.336 e. The molecule has 0 aliphatic heterocycles. The molecule has 4 aromatic carbocycles. The highest BCUT2D eigenvalue weighted by Crippen LogP contribution is 2.29. The summed E-state index contributed by atoms with van der Waals surface area (Å²) in [6.45, 7) is 10.3. The summed E-state index contributed by atoms with van der Waals surface area (Å²) in [6.07, 6.45) is 0. The van der Waals surface area contributed by atoms with Gasteiger partial charge in [0.1, 0.15) is 0 Å². The first-order valence-electron chi connectivity index (χ1n) is 14.1. The number of aromatic nitrogens is 1. The van der Waals surface area contributed by atoms with Gasteiger partial charge in [0.25, 0.3) is 5.91 Å². The van der Waals surface area contributed by atoms with Crippen LogP contribution < -0.4 is 5.32 Å². The Kier molecular flexibility index (Phi) is 7.76. The van der Waals surface area contributed by atoms with Gasteiger partial charge in [-0.25, -0.2) is 4.79 Å². The van der Waals surface area contributed by atoms with Crippen LogP contribution in [-0.2, 0) is 12.1 Å². The lowest BCUT2D eigenvalue weighted by Crippen LogP contribution is -2.27. The van der Waals surface area contributed by atoms with Crippen LogP contribution in [0.2, 0.25) is 0 Å². The van der Waals surface area contributed by atoms with Crippen molar-refractivity contribution in [3.8, 4) is 11.1 Å². The number of nitrogens with zero attached hydrogens (tertiary/aromatic N) is 1. The molecule has 0 spiro atoms. The molecule has 6 heteroatoms. The first kappa shape index (κ1) is 28.8. The van der Waals surface area contributed by atoms with E-state index < -0.39 is 11.6 Å². The molecule has 0 saturated heterocycles. The predicted octanol–water partition coefficient (Wildman–Crippen LogP) is 7.39. The standard InChI is InChI=1S/C36H36N2O4/c1-22-24(3)38(21-25-13-15-26(16-14-25)30-11-6-7-12-31(30)35(40)41)33-18-17-28(20-32(22)33)34(39)37-23(2)27-9-8-10-29(19-27)36(4,5)42/h6-20,23,42H,21H2,1-5H3,(H,37,39)(H,40,41)/t23-/m0/s1. The van der Waals surface area contributed by atoms with Crippen LogP contribution in [0.4, 0.5) is 0 Å². The van der Waals surface area contributed by atoms with Crippen LogP contribution in [0.15, 0.2) is 91.0 Å². The second-order valence-corrected chi connectivity index (χ2v) is 11.5. The van der Waals surface area contributed by atoms with E-state index in [9.17, 15) is 19.8 Å². The number of hydrogen-bond donors (Lipinski definition) is 3. The zero-order valence-electron chi connectivity index (χ0n) is 24.6. The van der Waals surface area contributed by atoms with Crippen molar-refractivity contribution in [2.24, 2.45) is 0 Å². The second-order valence-electron chi connectivity index (χ2n) is 11.5. The van der Waals surface area contributed by atoms with E-state index in [2.05, 4.69) is 23.7 Å². The molecule has 5 aromatic rings. The topological polar surface area (TPSA) is 91.6 Å². The quantitative estimate of drug-likeness (QED) is 0.185. The lowest BCUT2D eigenvalue weighted by molar-refractivity contribution is 0.0696. The summed E-state index contributed by atoms with van der Waals surface area (Å²) < 4.78 is 2.25. The van der Waals surface area contributed by atoms with E-state index in [1.165, 1.54) is 0 Å². The number of carboxylic acid groups (broad SMARTS) is 1. The molecule has 1 amide bonds. The van der Waals surface area contributed by atoms with Crippen molar-refractivity contribution in [2.75, 3.05) is 0 Å². The van der Waals surface area contributed by atoms with Gasteiger partial charge in [0.15, 0.2) is 0 Å². The van der Waals surface area contributed by atoms with Crippen molar-refractivity contribution in [2.45, 2.75) is 52.8 Å². The van der Waals surface area contributed by atoms with E-state index in [1.54, 1.807) is 26.0 Å². The summed E-state index contributed by atoms with van der Waals surface area (Å²) in [4.78, 5) is 24.9. The molecule has 6 nitrogen and oxygen atoms in total. The number of aryl methyl sites for hydroxylation is 1. The normalized spacial score (nSPS) is 12.3. The van der Waals surface area contributed by atoms with E-state index in [0.29, 0.717) is 17.7 Å². The summed E-state index contributed by atoms with van der Waals surface area (Å²) in [7, 11) is 0. The SMILES string of the molecule is Cc1c(C)n(Cc2ccc(-c3ccccc3C(=O)O)cc2)c2ccc(C(=O)N[C@@H](C)c3cccc(C(C)(C)O)c3)cc12. The van der Waals surface area contributed by atoms with Crippen LogP contribution >= 0.6 is 0 Å². The van der Waals surface area contributed by atoms with Crippen LogP contribution in [0.5, 0.6) is 0 Å². The fraction of sp³-hybridized carbons (Fsp3) is 0.222. The highest BCUT2D eigenvalue weighted by Gasteiger charge is 2.19. The minimum atomic E-state index is -0.957. The summed E-state index contributed by atoms with van der Waals surface area (Å²) in [6, 6.07) is 28.3. The average molecular weight is 561 g/mol. The monoisotopic (exact) mass is 560 g/mol. The number of aliphatic hydroxyl groups is 1. The van der Waals surface area contributed by atoms with Crippen molar-refractivity contribution in [1.29, 1.82) is 0 Å². The number of benzene rings is 4. The number of rotatable bonds is 8. The van der Waals surface area contributed by atoms with Gasteiger partial charge in [0.2, 0.25) is 0 Å². The van der Waals surface area contributed by atoms with Crippen LogP contribution in [0.3, 0.4) is 0 Å². The van der Waals surface area contributed by atoms with E-state index in [0.717, 1.165) is 44.4 Å². The van der Waals surface area contributed by atoms with Gasteiger partial charge in [-0.2, -0.15) is 0 Å². The van der Waals surface area contributed by atoms with E-state index >= 15 is 0 Å². The number of amides is 1. The van der Waals surface area contributed by atoms with E-state index in [-0.39, 0.29) is 17.5 Å². The van der Waals surface area contributed by atoms with Crippen LogP contribution in [0.25, 0.3) is 22.0 Å². The lowest BCUT2D eigenvalue weighted by Gasteiger charge is -2.21. The molecule has 1 atom stereocenters. The minimum Gasteiger partial charge on any atom is -0.478 e. The summed E-state index contributed by atoms with van der Waals surface area (Å²) >= 11 is 0. The van der Waals surface area contributed by atoms with E-state index in [4.69, 9.17) is 0 Å². The molecule has 0 aliphatic carbocycles. The molecule has 0 aliphatic rings. The Labute approximate surface area is 246 Å². The van der Waals surface area contributed by atoms with Crippen molar-refractivity contribution in [3.63, 3.8) is 0 Å². The van der Waals surface area contributed by atoms with Gasteiger partial charge in [-0.3, -0.25) is 4.79 Å². The highest BCUT2D eigenvalue weighted by atomic mass is 16.4. The second kappa shape index (κ2) is 11.3. The molecule has 214 valence electrons. The molecular weight excluding hydrogens is 524 g/mol. The number of fused-ring (bicyclic) bond motifs is 1. The Morgan fingerprint density at radius 2 is 1.62 bits per heavy atom. The number of carbonyl (C=O) groups excluding carboxylic acids is 1. The van der Waals surface area contributed by atoms with Crippen LogP contribution in [0.1, 0.15) is 75.5 Å². The highest BCUT2D eigenvalue weighted by molar-refractivity contribution is 5.99. The number of carbonyl (C=O) groups is 2. The van der Waals surface area contributed by atoms with Crippen molar-refractivity contribution in [1.82, 2.24) is 9.88 Å². The van der Waals surface area contributed by atoms with Gasteiger partial charge < -0.3 is 20.1 Å². The predicted molar refractivity (Wildman–Crippen MR) is 167 cm³/mol. The largest absolute Gasteiger partial charge is 0.478 e. The van der Waals surface area contributed by atoms with Gasteiger partial charge in [-0.15, -0.1) is 0 Å². The molecule has 0 unspecified atom stereocenters. The van der Waals surface area contributed by atoms with Gasteiger partial charge in [-0.1, -0.05) is 66.7 Å². The Balaban J connectivity index is 1.37. The molecule has 42 heavy (non-hydrogen) atoms. The van der Waals surface area contributed by atoms with Crippen molar-refractivity contribution < 1.29 is 19.8 Å². The van der Waals surface area contributed by atoms with Gasteiger partial charge in [0, 0.05) is 28.7 Å². The van der Waals surface area contributed by atoms with Gasteiger partial charge in [-0.05, 0) is 92.3 Å². The lowest BCUT2D eigenvalue weighted by atomic mass is 9.95. The zero-order valence-corrected chi connectivity index (χ0v) is 24.6. The Bertz CT molecular complexity index is 1790. The van der Waals surface area contributed by atoms with Crippen molar-refractivity contribution in [3.05, 3.63) is 130 Å². The first-order chi connectivity index (χ1) is 19.9. The average Bonchev–Trinajstić information content (AvgIpc) is 3.21. The number of aromatic carboxylic acids is 1. The van der Waals surface area contributed by atoms with Crippen molar-refractivity contribution >= 4 is 22.8 Å². The van der Waals surface area contributed by atoms with Gasteiger partial charge >= 0.3 is 5.97 Å². The van der Waals surface area contributed by atoms with Crippen LogP contribution in [0, 0.1) is 13.8 Å². The first-order valence-corrected chi connectivity index (χ1v) is 14.1. The maximum absolute atomic E-state index is 13.3. The Morgan fingerprint density at radius 3 is 2.31 bits per heavy atom. The number of carboxylic acids is 1.